The van der Waals surface area contributed by atoms with Crippen molar-refractivity contribution in [1.82, 2.24) is 10.3 Å². The molecule has 28 heavy (non-hydrogen) atoms. The summed E-state index contributed by atoms with van der Waals surface area (Å²) in [5.74, 6) is 1.70. The van der Waals surface area contributed by atoms with Crippen LogP contribution in [0.25, 0.3) is 11.1 Å². The quantitative estimate of drug-likeness (QED) is 0.680. The standard InChI is InChI=1S/C24H26N2O2/c1-3-27-22-6-7-24(28-16-21-12-17(2)8-11-26-21)23(14-22)19-5-4-18-9-10-25-15-20(18)13-19/h4-8,11-14,25H,3,9-10,15-16H2,1-2H3. The molecule has 3 aromatic rings. The number of aromatic nitrogens is 1. The van der Waals surface area contributed by atoms with Gasteiger partial charge in [-0.05, 0) is 85.5 Å². The minimum atomic E-state index is 0.440. The van der Waals surface area contributed by atoms with E-state index in [9.17, 15) is 0 Å². The molecule has 1 aliphatic rings. The van der Waals surface area contributed by atoms with Gasteiger partial charge in [-0.2, -0.15) is 0 Å². The zero-order valence-corrected chi connectivity index (χ0v) is 16.5. The SMILES string of the molecule is CCOc1ccc(OCc2cc(C)ccn2)c(-c2ccc3c(c2)CNCC3)c1. The molecule has 0 fully saturated rings. The molecule has 0 radical (unpaired) electrons. The maximum atomic E-state index is 6.18. The first-order valence-electron chi connectivity index (χ1n) is 9.87. The van der Waals surface area contributed by atoms with E-state index in [1.807, 2.05) is 31.3 Å². The van der Waals surface area contributed by atoms with Crippen LogP contribution in [-0.2, 0) is 19.6 Å². The molecule has 4 heteroatoms. The average molecular weight is 374 g/mol. The first-order valence-corrected chi connectivity index (χ1v) is 9.87. The second-order valence-electron chi connectivity index (χ2n) is 7.11. The van der Waals surface area contributed by atoms with Gasteiger partial charge in [0, 0.05) is 18.3 Å². The number of nitrogens with one attached hydrogen (secondary N) is 1. The van der Waals surface area contributed by atoms with E-state index < -0.39 is 0 Å². The molecular formula is C24H26N2O2. The summed E-state index contributed by atoms with van der Waals surface area (Å²) in [7, 11) is 0. The second kappa shape index (κ2) is 8.44. The van der Waals surface area contributed by atoms with Crippen LogP contribution in [0.2, 0.25) is 0 Å². The topological polar surface area (TPSA) is 43.4 Å². The zero-order valence-electron chi connectivity index (χ0n) is 16.5. The molecule has 0 saturated heterocycles. The lowest BCUT2D eigenvalue weighted by atomic mass is 9.95. The smallest absolute Gasteiger partial charge is 0.130 e. The first kappa shape index (κ1) is 18.5. The van der Waals surface area contributed by atoms with Crippen LogP contribution in [0.15, 0.2) is 54.7 Å². The largest absolute Gasteiger partial charge is 0.494 e. The first-order chi connectivity index (χ1) is 13.7. The minimum Gasteiger partial charge on any atom is -0.494 e. The number of pyridine rings is 1. The maximum Gasteiger partial charge on any atom is 0.130 e. The molecule has 2 heterocycles. The Labute approximate surface area is 166 Å². The molecule has 144 valence electrons. The van der Waals surface area contributed by atoms with Gasteiger partial charge in [-0.1, -0.05) is 12.1 Å². The van der Waals surface area contributed by atoms with Crippen molar-refractivity contribution in [3.05, 3.63) is 77.1 Å². The van der Waals surface area contributed by atoms with E-state index in [-0.39, 0.29) is 0 Å². The monoisotopic (exact) mass is 374 g/mol. The Morgan fingerprint density at radius 1 is 1.00 bits per heavy atom. The molecule has 0 amide bonds. The van der Waals surface area contributed by atoms with Crippen molar-refractivity contribution in [1.29, 1.82) is 0 Å². The molecule has 0 atom stereocenters. The predicted molar refractivity (Wildman–Crippen MR) is 112 cm³/mol. The molecule has 0 aliphatic carbocycles. The lowest BCUT2D eigenvalue weighted by molar-refractivity contribution is 0.300. The molecular weight excluding hydrogens is 348 g/mol. The molecule has 4 rings (SSSR count). The Bertz CT molecular complexity index is 969. The van der Waals surface area contributed by atoms with E-state index in [0.717, 1.165) is 47.8 Å². The van der Waals surface area contributed by atoms with Crippen molar-refractivity contribution in [2.75, 3.05) is 13.2 Å². The molecule has 1 N–H and O–H groups in total. The summed E-state index contributed by atoms with van der Waals surface area (Å²) in [6, 6.07) is 16.8. The molecule has 0 spiro atoms. The highest BCUT2D eigenvalue weighted by Gasteiger charge is 2.14. The Morgan fingerprint density at radius 2 is 1.93 bits per heavy atom. The van der Waals surface area contributed by atoms with Gasteiger partial charge < -0.3 is 14.8 Å². The number of nitrogens with zero attached hydrogens (tertiary/aromatic N) is 1. The van der Waals surface area contributed by atoms with E-state index in [1.165, 1.54) is 16.7 Å². The summed E-state index contributed by atoms with van der Waals surface area (Å²) in [6.45, 7) is 7.10. The van der Waals surface area contributed by atoms with Gasteiger partial charge in [0.2, 0.25) is 0 Å². The van der Waals surface area contributed by atoms with Crippen molar-refractivity contribution in [2.45, 2.75) is 33.4 Å². The second-order valence-corrected chi connectivity index (χ2v) is 7.11. The van der Waals surface area contributed by atoms with Crippen molar-refractivity contribution in [3.63, 3.8) is 0 Å². The zero-order chi connectivity index (χ0) is 19.3. The summed E-state index contributed by atoms with van der Waals surface area (Å²) >= 11 is 0. The lowest BCUT2D eigenvalue weighted by Gasteiger charge is -2.19. The molecule has 0 bridgehead atoms. The number of fused-ring (bicyclic) bond motifs is 1. The van der Waals surface area contributed by atoms with E-state index in [1.54, 1.807) is 0 Å². The van der Waals surface area contributed by atoms with Crippen LogP contribution in [0.3, 0.4) is 0 Å². The number of hydrogen-bond donors (Lipinski definition) is 1. The minimum absolute atomic E-state index is 0.440. The number of ether oxygens (including phenoxy) is 2. The third-order valence-electron chi connectivity index (χ3n) is 5.01. The highest BCUT2D eigenvalue weighted by molar-refractivity contribution is 5.73. The van der Waals surface area contributed by atoms with Gasteiger partial charge in [0.25, 0.3) is 0 Å². The molecule has 2 aromatic carbocycles. The Morgan fingerprint density at radius 3 is 2.79 bits per heavy atom. The Kier molecular flexibility index (Phi) is 5.58. The number of hydrogen-bond acceptors (Lipinski definition) is 4. The highest BCUT2D eigenvalue weighted by atomic mass is 16.5. The van der Waals surface area contributed by atoms with E-state index in [4.69, 9.17) is 9.47 Å². The third-order valence-corrected chi connectivity index (χ3v) is 5.01. The fourth-order valence-electron chi connectivity index (χ4n) is 3.59. The summed E-state index contributed by atoms with van der Waals surface area (Å²) in [6.07, 6.45) is 2.90. The van der Waals surface area contributed by atoms with Gasteiger partial charge in [-0.15, -0.1) is 0 Å². The van der Waals surface area contributed by atoms with Crippen LogP contribution in [-0.4, -0.2) is 18.1 Å². The number of rotatable bonds is 6. The molecule has 0 saturated carbocycles. The highest BCUT2D eigenvalue weighted by Crippen LogP contribution is 2.35. The Balaban J connectivity index is 1.66. The van der Waals surface area contributed by atoms with Gasteiger partial charge >= 0.3 is 0 Å². The third kappa shape index (κ3) is 4.18. The molecule has 0 unspecified atom stereocenters. The number of aryl methyl sites for hydroxylation is 1. The van der Waals surface area contributed by atoms with Crippen LogP contribution >= 0.6 is 0 Å². The molecule has 1 aromatic heterocycles. The summed E-state index contributed by atoms with van der Waals surface area (Å²) < 4.78 is 11.9. The van der Waals surface area contributed by atoms with E-state index in [2.05, 4.69) is 47.6 Å². The lowest BCUT2D eigenvalue weighted by Crippen LogP contribution is -2.23. The summed E-state index contributed by atoms with van der Waals surface area (Å²) in [5.41, 5.74) is 7.09. The summed E-state index contributed by atoms with van der Waals surface area (Å²) in [4.78, 5) is 4.40. The van der Waals surface area contributed by atoms with Crippen molar-refractivity contribution in [2.24, 2.45) is 0 Å². The van der Waals surface area contributed by atoms with Crippen molar-refractivity contribution < 1.29 is 9.47 Å². The average Bonchev–Trinajstić information content (AvgIpc) is 2.73. The van der Waals surface area contributed by atoms with Gasteiger partial charge in [0.15, 0.2) is 0 Å². The predicted octanol–water partition coefficient (Wildman–Crippen LogP) is 4.68. The van der Waals surface area contributed by atoms with E-state index in [0.29, 0.717) is 13.2 Å². The van der Waals surface area contributed by atoms with Gasteiger partial charge in [0.1, 0.15) is 18.1 Å². The van der Waals surface area contributed by atoms with Gasteiger partial charge in [-0.3, -0.25) is 4.98 Å². The maximum absolute atomic E-state index is 6.18. The van der Waals surface area contributed by atoms with Gasteiger partial charge in [-0.25, -0.2) is 0 Å². The van der Waals surface area contributed by atoms with Crippen LogP contribution < -0.4 is 14.8 Å². The summed E-state index contributed by atoms with van der Waals surface area (Å²) in [5, 5.41) is 3.45. The number of benzene rings is 2. The fraction of sp³-hybridized carbons (Fsp3) is 0.292. The Hall–Kier alpha value is -2.85. The van der Waals surface area contributed by atoms with E-state index >= 15 is 0 Å². The van der Waals surface area contributed by atoms with Crippen molar-refractivity contribution >= 4 is 0 Å². The van der Waals surface area contributed by atoms with Crippen LogP contribution in [0.4, 0.5) is 0 Å². The normalized spacial score (nSPS) is 13.1. The van der Waals surface area contributed by atoms with Crippen LogP contribution in [0, 0.1) is 6.92 Å². The molecule has 1 aliphatic heterocycles. The van der Waals surface area contributed by atoms with Crippen molar-refractivity contribution in [3.8, 4) is 22.6 Å². The van der Waals surface area contributed by atoms with Gasteiger partial charge in [0.05, 0.1) is 12.3 Å². The van der Waals surface area contributed by atoms with Crippen LogP contribution in [0.1, 0.15) is 29.3 Å². The van der Waals surface area contributed by atoms with Crippen LogP contribution in [0.5, 0.6) is 11.5 Å². The molecule has 4 nitrogen and oxygen atoms in total. The fourth-order valence-corrected chi connectivity index (χ4v) is 3.59.